The Morgan fingerprint density at radius 1 is 1.31 bits per heavy atom. The molecule has 2 aliphatic rings. The Bertz CT molecular complexity index is 194. The van der Waals surface area contributed by atoms with Gasteiger partial charge in [-0.25, -0.2) is 0 Å². The Balaban J connectivity index is 1.68. The SMILES string of the molecule is CC(N)C1CCN(CC2CCCOC2)CC1. The summed E-state index contributed by atoms with van der Waals surface area (Å²) in [5.74, 6) is 1.53. The molecule has 2 heterocycles. The molecule has 2 aliphatic heterocycles. The number of hydrogen-bond acceptors (Lipinski definition) is 3. The standard InChI is InChI=1S/C13H26N2O/c1-11(14)13-4-6-15(7-5-13)9-12-3-2-8-16-10-12/h11-13H,2-10,14H2,1H3. The van der Waals surface area contributed by atoms with Crippen molar-refractivity contribution in [1.29, 1.82) is 0 Å². The number of rotatable bonds is 3. The van der Waals surface area contributed by atoms with Crippen molar-refractivity contribution in [2.75, 3.05) is 32.8 Å². The molecule has 3 nitrogen and oxygen atoms in total. The Kier molecular flexibility index (Phi) is 4.62. The van der Waals surface area contributed by atoms with Gasteiger partial charge in [-0.05, 0) is 57.5 Å². The molecule has 2 N–H and O–H groups in total. The van der Waals surface area contributed by atoms with Crippen molar-refractivity contribution in [3.8, 4) is 0 Å². The highest BCUT2D eigenvalue weighted by atomic mass is 16.5. The third-order valence-electron chi connectivity index (χ3n) is 4.15. The third kappa shape index (κ3) is 3.44. The molecule has 0 spiro atoms. The molecule has 2 unspecified atom stereocenters. The molecular weight excluding hydrogens is 200 g/mol. The van der Waals surface area contributed by atoms with E-state index in [1.807, 2.05) is 0 Å². The number of piperidine rings is 1. The summed E-state index contributed by atoms with van der Waals surface area (Å²) in [6.07, 6.45) is 5.17. The van der Waals surface area contributed by atoms with Gasteiger partial charge in [-0.15, -0.1) is 0 Å². The molecule has 2 fully saturated rings. The molecule has 16 heavy (non-hydrogen) atoms. The fraction of sp³-hybridized carbons (Fsp3) is 1.00. The minimum atomic E-state index is 0.375. The number of nitrogens with two attached hydrogens (primary N) is 1. The molecule has 0 bridgehead atoms. The van der Waals surface area contributed by atoms with Crippen LogP contribution in [0.3, 0.4) is 0 Å². The lowest BCUT2D eigenvalue weighted by Crippen LogP contribution is -2.42. The van der Waals surface area contributed by atoms with Gasteiger partial charge >= 0.3 is 0 Å². The van der Waals surface area contributed by atoms with Gasteiger partial charge in [-0.3, -0.25) is 0 Å². The van der Waals surface area contributed by atoms with E-state index in [1.165, 1.54) is 45.3 Å². The van der Waals surface area contributed by atoms with Gasteiger partial charge in [-0.1, -0.05) is 0 Å². The van der Waals surface area contributed by atoms with Crippen LogP contribution in [0.4, 0.5) is 0 Å². The first kappa shape index (κ1) is 12.3. The summed E-state index contributed by atoms with van der Waals surface area (Å²) < 4.78 is 5.54. The van der Waals surface area contributed by atoms with Crippen molar-refractivity contribution in [3.63, 3.8) is 0 Å². The Morgan fingerprint density at radius 2 is 2.06 bits per heavy atom. The van der Waals surface area contributed by atoms with Gasteiger partial charge in [0.1, 0.15) is 0 Å². The van der Waals surface area contributed by atoms with E-state index in [-0.39, 0.29) is 0 Å². The second kappa shape index (κ2) is 5.99. The minimum absolute atomic E-state index is 0.375. The van der Waals surface area contributed by atoms with Gasteiger partial charge in [0.15, 0.2) is 0 Å². The van der Waals surface area contributed by atoms with Crippen LogP contribution in [0, 0.1) is 11.8 Å². The predicted octanol–water partition coefficient (Wildman–Crippen LogP) is 1.47. The van der Waals surface area contributed by atoms with Crippen LogP contribution in [0.25, 0.3) is 0 Å². The summed E-state index contributed by atoms with van der Waals surface area (Å²) in [6, 6.07) is 0.375. The van der Waals surface area contributed by atoms with Crippen molar-refractivity contribution in [2.24, 2.45) is 17.6 Å². The zero-order valence-electron chi connectivity index (χ0n) is 10.5. The largest absolute Gasteiger partial charge is 0.381 e. The first-order valence-electron chi connectivity index (χ1n) is 6.81. The predicted molar refractivity (Wildman–Crippen MR) is 66.4 cm³/mol. The lowest BCUT2D eigenvalue weighted by molar-refractivity contribution is 0.0320. The fourth-order valence-electron chi connectivity index (χ4n) is 2.98. The fourth-order valence-corrected chi connectivity index (χ4v) is 2.98. The zero-order chi connectivity index (χ0) is 11.4. The van der Waals surface area contributed by atoms with E-state index in [0.29, 0.717) is 6.04 Å². The van der Waals surface area contributed by atoms with Crippen LogP contribution in [-0.4, -0.2) is 43.8 Å². The van der Waals surface area contributed by atoms with Gasteiger partial charge < -0.3 is 15.4 Å². The van der Waals surface area contributed by atoms with E-state index in [2.05, 4.69) is 11.8 Å². The maximum absolute atomic E-state index is 5.96. The van der Waals surface area contributed by atoms with Crippen LogP contribution in [0.5, 0.6) is 0 Å². The van der Waals surface area contributed by atoms with E-state index in [9.17, 15) is 0 Å². The summed E-state index contributed by atoms with van der Waals surface area (Å²) >= 11 is 0. The van der Waals surface area contributed by atoms with E-state index < -0.39 is 0 Å². The summed E-state index contributed by atoms with van der Waals surface area (Å²) in [7, 11) is 0. The van der Waals surface area contributed by atoms with Crippen LogP contribution < -0.4 is 5.73 Å². The van der Waals surface area contributed by atoms with E-state index in [0.717, 1.165) is 25.0 Å². The second-order valence-electron chi connectivity index (χ2n) is 5.58. The van der Waals surface area contributed by atoms with Crippen molar-refractivity contribution >= 4 is 0 Å². The van der Waals surface area contributed by atoms with Gasteiger partial charge in [-0.2, -0.15) is 0 Å². The van der Waals surface area contributed by atoms with E-state index >= 15 is 0 Å². The highest BCUT2D eigenvalue weighted by Gasteiger charge is 2.24. The lowest BCUT2D eigenvalue weighted by Gasteiger charge is -2.36. The molecular formula is C13H26N2O. The normalized spacial score (nSPS) is 31.5. The maximum Gasteiger partial charge on any atom is 0.0506 e. The summed E-state index contributed by atoms with van der Waals surface area (Å²) in [4.78, 5) is 2.61. The van der Waals surface area contributed by atoms with Crippen LogP contribution in [0.1, 0.15) is 32.6 Å². The van der Waals surface area contributed by atoms with Gasteiger partial charge in [0, 0.05) is 19.2 Å². The van der Waals surface area contributed by atoms with Crippen LogP contribution >= 0.6 is 0 Å². The molecule has 0 saturated carbocycles. The van der Waals surface area contributed by atoms with E-state index in [4.69, 9.17) is 10.5 Å². The number of nitrogens with zero attached hydrogens (tertiary/aromatic N) is 1. The highest BCUT2D eigenvalue weighted by Crippen LogP contribution is 2.22. The van der Waals surface area contributed by atoms with Crippen LogP contribution in [0.15, 0.2) is 0 Å². The second-order valence-corrected chi connectivity index (χ2v) is 5.58. The molecule has 2 rings (SSSR count). The smallest absolute Gasteiger partial charge is 0.0506 e. The summed E-state index contributed by atoms with van der Waals surface area (Å²) in [6.45, 7) is 7.82. The molecule has 0 aliphatic carbocycles. The molecule has 0 aromatic rings. The molecule has 0 aromatic heterocycles. The zero-order valence-corrected chi connectivity index (χ0v) is 10.5. The van der Waals surface area contributed by atoms with Crippen molar-refractivity contribution in [1.82, 2.24) is 4.90 Å². The molecule has 0 amide bonds. The summed E-state index contributed by atoms with van der Waals surface area (Å²) in [5, 5.41) is 0. The molecule has 94 valence electrons. The summed E-state index contributed by atoms with van der Waals surface area (Å²) in [5.41, 5.74) is 5.96. The quantitative estimate of drug-likeness (QED) is 0.792. The molecule has 0 aromatic carbocycles. The minimum Gasteiger partial charge on any atom is -0.381 e. The van der Waals surface area contributed by atoms with Crippen molar-refractivity contribution < 1.29 is 4.74 Å². The highest BCUT2D eigenvalue weighted by molar-refractivity contribution is 4.79. The Labute approximate surface area is 99.3 Å². The Morgan fingerprint density at radius 3 is 2.62 bits per heavy atom. The van der Waals surface area contributed by atoms with Gasteiger partial charge in [0.2, 0.25) is 0 Å². The number of ether oxygens (including phenoxy) is 1. The molecule has 3 heteroatoms. The van der Waals surface area contributed by atoms with Gasteiger partial charge in [0.25, 0.3) is 0 Å². The maximum atomic E-state index is 5.96. The average molecular weight is 226 g/mol. The number of likely N-dealkylation sites (tertiary alicyclic amines) is 1. The molecule has 2 saturated heterocycles. The number of hydrogen-bond donors (Lipinski definition) is 1. The first-order chi connectivity index (χ1) is 7.75. The van der Waals surface area contributed by atoms with Crippen LogP contribution in [-0.2, 0) is 4.74 Å². The lowest BCUT2D eigenvalue weighted by atomic mass is 9.90. The van der Waals surface area contributed by atoms with Gasteiger partial charge in [0.05, 0.1) is 6.61 Å². The monoisotopic (exact) mass is 226 g/mol. The third-order valence-corrected chi connectivity index (χ3v) is 4.15. The first-order valence-corrected chi connectivity index (χ1v) is 6.81. The van der Waals surface area contributed by atoms with Crippen LogP contribution in [0.2, 0.25) is 0 Å². The van der Waals surface area contributed by atoms with Crippen molar-refractivity contribution in [2.45, 2.75) is 38.6 Å². The average Bonchev–Trinajstić information content (AvgIpc) is 2.31. The van der Waals surface area contributed by atoms with Crippen molar-refractivity contribution in [3.05, 3.63) is 0 Å². The molecule has 2 atom stereocenters. The topological polar surface area (TPSA) is 38.5 Å². The Hall–Kier alpha value is -0.120. The molecule has 0 radical (unpaired) electrons. The van der Waals surface area contributed by atoms with E-state index in [1.54, 1.807) is 0 Å².